The maximum Gasteiger partial charge on any atom is 0.233 e. The van der Waals surface area contributed by atoms with Crippen LogP contribution in [0.1, 0.15) is 18.4 Å². The van der Waals surface area contributed by atoms with Crippen LogP contribution in [0.4, 0.5) is 4.39 Å². The third-order valence-corrected chi connectivity index (χ3v) is 5.15. The van der Waals surface area contributed by atoms with Crippen LogP contribution in [0.15, 0.2) is 53.4 Å². The van der Waals surface area contributed by atoms with Gasteiger partial charge in [0, 0.05) is 21.5 Å². The fourth-order valence-electron chi connectivity index (χ4n) is 2.41. The van der Waals surface area contributed by atoms with E-state index in [1.807, 2.05) is 30.3 Å². The molecule has 1 amide bonds. The molecule has 1 fully saturated rings. The summed E-state index contributed by atoms with van der Waals surface area (Å²) in [6.07, 6.45) is 1.96. The van der Waals surface area contributed by atoms with E-state index in [1.165, 1.54) is 17.8 Å². The first-order chi connectivity index (χ1) is 11.1. The number of benzene rings is 2. The highest BCUT2D eigenvalue weighted by Gasteiger charge is 2.33. The Morgan fingerprint density at radius 1 is 1.17 bits per heavy atom. The highest BCUT2D eigenvalue weighted by Crippen LogP contribution is 2.31. The molecule has 1 aliphatic carbocycles. The Kier molecular flexibility index (Phi) is 5.23. The van der Waals surface area contributed by atoms with Crippen LogP contribution in [0.25, 0.3) is 0 Å². The Balaban J connectivity index is 1.68. The van der Waals surface area contributed by atoms with Gasteiger partial charge in [0.1, 0.15) is 5.82 Å². The molecule has 0 atom stereocenters. The molecule has 0 bridgehead atoms. The number of hydrogen-bond donors (Lipinski definition) is 0. The Morgan fingerprint density at radius 2 is 1.91 bits per heavy atom. The van der Waals surface area contributed by atoms with Gasteiger partial charge in [-0.05, 0) is 37.1 Å². The third kappa shape index (κ3) is 4.27. The summed E-state index contributed by atoms with van der Waals surface area (Å²) in [4.78, 5) is 15.4. The molecule has 3 rings (SSSR count). The molecule has 0 radical (unpaired) electrons. The molecule has 2 aromatic carbocycles. The van der Waals surface area contributed by atoms with E-state index < -0.39 is 0 Å². The summed E-state index contributed by atoms with van der Waals surface area (Å²) in [5.74, 6) is 0.0272. The van der Waals surface area contributed by atoms with Crippen molar-refractivity contribution < 1.29 is 9.18 Å². The molecule has 0 unspecified atom stereocenters. The molecule has 0 aliphatic heterocycles. The SMILES string of the molecule is O=C(CSc1ccccc1)N(Cc1c(F)cccc1Cl)C1CC1. The second-order valence-electron chi connectivity index (χ2n) is 5.55. The van der Waals surface area contributed by atoms with E-state index in [2.05, 4.69) is 0 Å². The fourth-order valence-corrected chi connectivity index (χ4v) is 3.43. The largest absolute Gasteiger partial charge is 0.334 e. The molecule has 120 valence electrons. The highest BCUT2D eigenvalue weighted by atomic mass is 35.5. The van der Waals surface area contributed by atoms with E-state index >= 15 is 0 Å². The molecule has 2 aromatic rings. The number of thioether (sulfide) groups is 1. The van der Waals surface area contributed by atoms with Gasteiger partial charge in [0.2, 0.25) is 5.91 Å². The van der Waals surface area contributed by atoms with Gasteiger partial charge in [-0.2, -0.15) is 0 Å². The molecule has 0 aromatic heterocycles. The standard InChI is InChI=1S/C18H17ClFNOS/c19-16-7-4-8-17(20)15(16)11-21(13-9-10-13)18(22)12-23-14-5-2-1-3-6-14/h1-8,13H,9-12H2. The molecule has 0 heterocycles. The predicted octanol–water partition coefficient (Wildman–Crippen LogP) is 4.76. The van der Waals surface area contributed by atoms with Gasteiger partial charge in [-0.3, -0.25) is 4.79 Å². The van der Waals surface area contributed by atoms with Gasteiger partial charge < -0.3 is 4.90 Å². The first-order valence-electron chi connectivity index (χ1n) is 7.55. The third-order valence-electron chi connectivity index (χ3n) is 3.80. The second-order valence-corrected chi connectivity index (χ2v) is 7.01. The number of nitrogens with zero attached hydrogens (tertiary/aromatic N) is 1. The maximum atomic E-state index is 14.0. The van der Waals surface area contributed by atoms with Crippen LogP contribution in [0.3, 0.4) is 0 Å². The normalized spacial score (nSPS) is 13.8. The molecule has 0 N–H and O–H groups in total. The van der Waals surface area contributed by atoms with Gasteiger partial charge >= 0.3 is 0 Å². The lowest BCUT2D eigenvalue weighted by Gasteiger charge is -2.23. The van der Waals surface area contributed by atoms with Crippen LogP contribution < -0.4 is 0 Å². The van der Waals surface area contributed by atoms with Crippen molar-refractivity contribution in [1.82, 2.24) is 4.90 Å². The van der Waals surface area contributed by atoms with Crippen molar-refractivity contribution in [3.05, 3.63) is 64.9 Å². The number of halogens is 2. The average molecular weight is 350 g/mol. The van der Waals surface area contributed by atoms with Crippen molar-refractivity contribution >= 4 is 29.3 Å². The predicted molar refractivity (Wildman–Crippen MR) is 92.1 cm³/mol. The van der Waals surface area contributed by atoms with E-state index in [9.17, 15) is 9.18 Å². The molecule has 2 nitrogen and oxygen atoms in total. The van der Waals surface area contributed by atoms with E-state index in [-0.39, 0.29) is 24.3 Å². The first kappa shape index (κ1) is 16.3. The summed E-state index contributed by atoms with van der Waals surface area (Å²) in [6, 6.07) is 14.6. The van der Waals surface area contributed by atoms with E-state index in [4.69, 9.17) is 11.6 Å². The highest BCUT2D eigenvalue weighted by molar-refractivity contribution is 8.00. The lowest BCUT2D eigenvalue weighted by molar-refractivity contribution is -0.129. The van der Waals surface area contributed by atoms with Crippen molar-refractivity contribution in [2.24, 2.45) is 0 Å². The minimum absolute atomic E-state index is 0.0284. The number of carbonyl (C=O) groups is 1. The van der Waals surface area contributed by atoms with E-state index in [1.54, 1.807) is 17.0 Å². The Labute approximate surface area is 144 Å². The monoisotopic (exact) mass is 349 g/mol. The molecule has 5 heteroatoms. The van der Waals surface area contributed by atoms with Crippen molar-refractivity contribution in [3.8, 4) is 0 Å². The summed E-state index contributed by atoms with van der Waals surface area (Å²) < 4.78 is 14.0. The van der Waals surface area contributed by atoms with Crippen molar-refractivity contribution in [1.29, 1.82) is 0 Å². The number of carbonyl (C=O) groups excluding carboxylic acids is 1. The van der Waals surface area contributed by atoms with Crippen molar-refractivity contribution in [3.63, 3.8) is 0 Å². The summed E-state index contributed by atoms with van der Waals surface area (Å²) in [6.45, 7) is 0.240. The number of rotatable bonds is 6. The van der Waals surface area contributed by atoms with Gasteiger partial charge in [0.05, 0.1) is 12.3 Å². The molecule has 23 heavy (non-hydrogen) atoms. The molecular formula is C18H17ClFNOS. The molecule has 0 spiro atoms. The minimum atomic E-state index is -0.355. The number of amides is 1. The van der Waals surface area contributed by atoms with Crippen LogP contribution >= 0.6 is 23.4 Å². The Bertz CT molecular complexity index is 670. The molecule has 1 aliphatic rings. The van der Waals surface area contributed by atoms with Crippen LogP contribution in [0.2, 0.25) is 5.02 Å². The zero-order chi connectivity index (χ0) is 16.2. The summed E-state index contributed by atoms with van der Waals surface area (Å²) in [7, 11) is 0. The van der Waals surface area contributed by atoms with Gasteiger partial charge in [-0.15, -0.1) is 11.8 Å². The maximum absolute atomic E-state index is 14.0. The van der Waals surface area contributed by atoms with E-state index in [0.717, 1.165) is 17.7 Å². The van der Waals surface area contributed by atoms with Gasteiger partial charge in [-0.25, -0.2) is 4.39 Å². The van der Waals surface area contributed by atoms with Gasteiger partial charge in [-0.1, -0.05) is 35.9 Å². The van der Waals surface area contributed by atoms with Crippen LogP contribution in [0, 0.1) is 5.82 Å². The fraction of sp³-hybridized carbons (Fsp3) is 0.278. The average Bonchev–Trinajstić information content (AvgIpc) is 3.38. The topological polar surface area (TPSA) is 20.3 Å². The number of hydrogen-bond acceptors (Lipinski definition) is 2. The smallest absolute Gasteiger partial charge is 0.233 e. The lowest BCUT2D eigenvalue weighted by Crippen LogP contribution is -2.34. The zero-order valence-electron chi connectivity index (χ0n) is 12.5. The van der Waals surface area contributed by atoms with Crippen molar-refractivity contribution in [2.45, 2.75) is 30.3 Å². The van der Waals surface area contributed by atoms with Crippen LogP contribution in [-0.4, -0.2) is 22.6 Å². The quantitative estimate of drug-likeness (QED) is 0.700. The summed E-state index contributed by atoms with van der Waals surface area (Å²) in [5, 5.41) is 0.374. The Morgan fingerprint density at radius 3 is 2.57 bits per heavy atom. The minimum Gasteiger partial charge on any atom is -0.334 e. The zero-order valence-corrected chi connectivity index (χ0v) is 14.1. The van der Waals surface area contributed by atoms with Crippen LogP contribution in [0.5, 0.6) is 0 Å². The van der Waals surface area contributed by atoms with Crippen LogP contribution in [-0.2, 0) is 11.3 Å². The van der Waals surface area contributed by atoms with Gasteiger partial charge in [0.25, 0.3) is 0 Å². The molecule has 1 saturated carbocycles. The Hall–Kier alpha value is -1.52. The van der Waals surface area contributed by atoms with E-state index in [0.29, 0.717) is 16.3 Å². The lowest BCUT2D eigenvalue weighted by atomic mass is 10.2. The molecule has 0 saturated heterocycles. The van der Waals surface area contributed by atoms with Crippen molar-refractivity contribution in [2.75, 3.05) is 5.75 Å². The first-order valence-corrected chi connectivity index (χ1v) is 8.91. The second kappa shape index (κ2) is 7.37. The summed E-state index contributed by atoms with van der Waals surface area (Å²) >= 11 is 7.60. The van der Waals surface area contributed by atoms with Gasteiger partial charge in [0.15, 0.2) is 0 Å². The summed E-state index contributed by atoms with van der Waals surface area (Å²) in [5.41, 5.74) is 0.402. The molecular weight excluding hydrogens is 333 g/mol.